The maximum atomic E-state index is 13.8. The van der Waals surface area contributed by atoms with Crippen molar-refractivity contribution in [1.29, 1.82) is 0 Å². The van der Waals surface area contributed by atoms with Gasteiger partial charge in [0.25, 0.3) is 0 Å². The predicted molar refractivity (Wildman–Crippen MR) is 129 cm³/mol. The molecular formula is C26H30N2O4S. The molecule has 0 aliphatic carbocycles. The fourth-order valence-electron chi connectivity index (χ4n) is 4.46. The van der Waals surface area contributed by atoms with Crippen molar-refractivity contribution in [1.82, 2.24) is 4.98 Å². The molecule has 7 heteroatoms. The van der Waals surface area contributed by atoms with Crippen LogP contribution < -0.4 is 4.90 Å². The fourth-order valence-corrected chi connectivity index (χ4v) is 5.89. The van der Waals surface area contributed by atoms with Crippen molar-refractivity contribution in [3.05, 3.63) is 59.8 Å². The molecule has 1 atom stereocenters. The molecule has 6 nitrogen and oxygen atoms in total. The first-order valence-corrected chi connectivity index (χ1v) is 13.0. The molecule has 0 N–H and O–H groups in total. The monoisotopic (exact) mass is 466 g/mol. The second kappa shape index (κ2) is 9.51. The molecule has 0 spiro atoms. The van der Waals surface area contributed by atoms with Crippen molar-refractivity contribution < 1.29 is 17.9 Å². The Labute approximate surface area is 195 Å². The van der Waals surface area contributed by atoms with Crippen molar-refractivity contribution in [2.45, 2.75) is 49.8 Å². The molecule has 33 heavy (non-hydrogen) atoms. The van der Waals surface area contributed by atoms with Gasteiger partial charge in [0.2, 0.25) is 9.84 Å². The molecule has 1 saturated heterocycles. The van der Waals surface area contributed by atoms with E-state index in [4.69, 9.17) is 4.74 Å². The van der Waals surface area contributed by atoms with Crippen molar-refractivity contribution >= 4 is 32.4 Å². The minimum Gasteiger partial charge on any atom is -0.466 e. The number of carbonyl (C=O) groups excluding carboxylic acids is 1. The van der Waals surface area contributed by atoms with Crippen LogP contribution in [0.5, 0.6) is 0 Å². The number of pyridine rings is 1. The molecule has 0 saturated carbocycles. The van der Waals surface area contributed by atoms with Crippen LogP contribution in [0.2, 0.25) is 0 Å². The number of benzene rings is 2. The van der Waals surface area contributed by atoms with Gasteiger partial charge in [-0.2, -0.15) is 0 Å². The van der Waals surface area contributed by atoms with Gasteiger partial charge in [-0.3, -0.25) is 9.78 Å². The van der Waals surface area contributed by atoms with Gasteiger partial charge in [0.1, 0.15) is 4.90 Å². The molecular weight excluding hydrogens is 436 g/mol. The molecule has 0 amide bonds. The SMILES string of the molecule is CCOC(=O)[C@H]1CCCN(c2c(S(=O)(=O)c3ccc(CC)cc3)cnc3ccc(C)cc23)C1. The van der Waals surface area contributed by atoms with E-state index in [0.29, 0.717) is 25.4 Å². The van der Waals surface area contributed by atoms with Gasteiger partial charge < -0.3 is 9.64 Å². The Bertz CT molecular complexity index is 1270. The van der Waals surface area contributed by atoms with Crippen LogP contribution in [-0.2, 0) is 25.8 Å². The minimum atomic E-state index is -3.82. The quantitative estimate of drug-likeness (QED) is 0.490. The van der Waals surface area contributed by atoms with Crippen LogP contribution in [0.25, 0.3) is 10.9 Å². The van der Waals surface area contributed by atoms with Gasteiger partial charge in [0.05, 0.1) is 28.6 Å². The van der Waals surface area contributed by atoms with E-state index in [1.807, 2.05) is 49.1 Å². The van der Waals surface area contributed by atoms with Crippen LogP contribution in [0.15, 0.2) is 58.5 Å². The van der Waals surface area contributed by atoms with E-state index in [1.165, 1.54) is 6.20 Å². The second-order valence-corrected chi connectivity index (χ2v) is 10.4. The number of aromatic nitrogens is 1. The maximum absolute atomic E-state index is 13.8. The van der Waals surface area contributed by atoms with Crippen LogP contribution in [0, 0.1) is 12.8 Å². The third-order valence-corrected chi connectivity index (χ3v) is 8.02. The highest BCUT2D eigenvalue weighted by Gasteiger charge is 2.32. The molecule has 1 fully saturated rings. The van der Waals surface area contributed by atoms with Gasteiger partial charge in [0.15, 0.2) is 0 Å². The number of nitrogens with zero attached hydrogens (tertiary/aromatic N) is 2. The fraction of sp³-hybridized carbons (Fsp3) is 0.385. The lowest BCUT2D eigenvalue weighted by atomic mass is 9.97. The van der Waals surface area contributed by atoms with Crippen molar-refractivity contribution in [3.63, 3.8) is 0 Å². The van der Waals surface area contributed by atoms with Crippen LogP contribution in [-0.4, -0.2) is 39.1 Å². The number of piperidine rings is 1. The highest BCUT2D eigenvalue weighted by atomic mass is 32.2. The molecule has 0 radical (unpaired) electrons. The summed E-state index contributed by atoms with van der Waals surface area (Å²) in [6.07, 6.45) is 3.82. The van der Waals surface area contributed by atoms with Crippen molar-refractivity contribution in [3.8, 4) is 0 Å². The van der Waals surface area contributed by atoms with Crippen LogP contribution >= 0.6 is 0 Å². The summed E-state index contributed by atoms with van der Waals surface area (Å²) >= 11 is 0. The third-order valence-electron chi connectivity index (χ3n) is 6.25. The zero-order valence-corrected chi connectivity index (χ0v) is 20.2. The third kappa shape index (κ3) is 4.60. The number of fused-ring (bicyclic) bond motifs is 1. The van der Waals surface area contributed by atoms with Gasteiger partial charge in [-0.1, -0.05) is 30.7 Å². The van der Waals surface area contributed by atoms with Crippen LogP contribution in [0.1, 0.15) is 37.8 Å². The van der Waals surface area contributed by atoms with Gasteiger partial charge in [-0.05, 0) is 62.9 Å². The van der Waals surface area contributed by atoms with Crippen molar-refractivity contribution in [2.24, 2.45) is 5.92 Å². The Balaban J connectivity index is 1.87. The molecule has 0 bridgehead atoms. The molecule has 2 aromatic carbocycles. The molecule has 1 aliphatic rings. The summed E-state index contributed by atoms with van der Waals surface area (Å²) in [4.78, 5) is 19.4. The summed E-state index contributed by atoms with van der Waals surface area (Å²) in [7, 11) is -3.82. The number of rotatable bonds is 6. The van der Waals surface area contributed by atoms with E-state index in [1.54, 1.807) is 19.1 Å². The number of hydrogen-bond donors (Lipinski definition) is 0. The van der Waals surface area contributed by atoms with Gasteiger partial charge >= 0.3 is 5.97 Å². The first-order chi connectivity index (χ1) is 15.8. The zero-order valence-electron chi connectivity index (χ0n) is 19.4. The summed E-state index contributed by atoms with van der Waals surface area (Å²) in [6.45, 7) is 7.23. The normalized spacial score (nSPS) is 16.7. The smallest absolute Gasteiger partial charge is 0.310 e. The molecule has 174 valence electrons. The van der Waals surface area contributed by atoms with Gasteiger partial charge in [0, 0.05) is 24.7 Å². The Hall–Kier alpha value is -2.93. The zero-order chi connectivity index (χ0) is 23.6. The van der Waals surface area contributed by atoms with Crippen LogP contribution in [0.3, 0.4) is 0 Å². The molecule has 1 aromatic heterocycles. The van der Waals surface area contributed by atoms with Crippen LogP contribution in [0.4, 0.5) is 5.69 Å². The van der Waals surface area contributed by atoms with E-state index in [0.717, 1.165) is 41.3 Å². The molecule has 2 heterocycles. The number of aryl methyl sites for hydroxylation is 2. The Morgan fingerprint density at radius 1 is 1.15 bits per heavy atom. The number of anilines is 1. The van der Waals surface area contributed by atoms with E-state index >= 15 is 0 Å². The molecule has 3 aromatic rings. The molecule has 1 aliphatic heterocycles. The van der Waals surface area contributed by atoms with E-state index < -0.39 is 9.84 Å². The van der Waals surface area contributed by atoms with E-state index in [2.05, 4.69) is 4.98 Å². The predicted octanol–water partition coefficient (Wildman–Crippen LogP) is 4.72. The first-order valence-electron chi connectivity index (χ1n) is 11.5. The summed E-state index contributed by atoms with van der Waals surface area (Å²) in [6, 6.07) is 12.9. The topological polar surface area (TPSA) is 76.6 Å². The van der Waals surface area contributed by atoms with E-state index in [-0.39, 0.29) is 21.7 Å². The van der Waals surface area contributed by atoms with E-state index in [9.17, 15) is 13.2 Å². The lowest BCUT2D eigenvalue weighted by Crippen LogP contribution is -2.40. The summed E-state index contributed by atoms with van der Waals surface area (Å²) in [5.41, 5.74) is 3.45. The van der Waals surface area contributed by atoms with Gasteiger partial charge in [-0.25, -0.2) is 8.42 Å². The summed E-state index contributed by atoms with van der Waals surface area (Å²) < 4.78 is 32.8. The summed E-state index contributed by atoms with van der Waals surface area (Å²) in [5, 5.41) is 0.783. The lowest BCUT2D eigenvalue weighted by molar-refractivity contribution is -0.148. The number of carbonyl (C=O) groups is 1. The average Bonchev–Trinajstić information content (AvgIpc) is 2.83. The second-order valence-electron chi connectivity index (χ2n) is 8.53. The maximum Gasteiger partial charge on any atom is 0.310 e. The Morgan fingerprint density at radius 2 is 1.91 bits per heavy atom. The standard InChI is InChI=1S/C26H30N2O4S/c1-4-19-9-11-21(12-10-19)33(30,31)24-16-27-23-13-8-18(3)15-22(23)25(24)28-14-6-7-20(17-28)26(29)32-5-2/h8-13,15-16,20H,4-7,14,17H2,1-3H3/t20-/m0/s1. The number of sulfone groups is 1. The number of esters is 1. The Kier molecular flexibility index (Phi) is 6.70. The minimum absolute atomic E-state index is 0.175. The highest BCUT2D eigenvalue weighted by Crippen LogP contribution is 2.38. The average molecular weight is 467 g/mol. The van der Waals surface area contributed by atoms with Gasteiger partial charge in [-0.15, -0.1) is 0 Å². The van der Waals surface area contributed by atoms with Crippen molar-refractivity contribution in [2.75, 3.05) is 24.6 Å². The lowest BCUT2D eigenvalue weighted by Gasteiger charge is -2.35. The highest BCUT2D eigenvalue weighted by molar-refractivity contribution is 7.91. The first kappa shape index (κ1) is 23.2. The largest absolute Gasteiger partial charge is 0.466 e. The Morgan fingerprint density at radius 3 is 2.61 bits per heavy atom. The molecule has 4 rings (SSSR count). The summed E-state index contributed by atoms with van der Waals surface area (Å²) in [5.74, 6) is -0.512. The number of ether oxygens (including phenoxy) is 1. The molecule has 0 unspecified atom stereocenters. The number of hydrogen-bond acceptors (Lipinski definition) is 6.